The third kappa shape index (κ3) is 3.36. The SMILES string of the molecule is Cc1ccc2c(N=Nc3ccccc3O)c(O)c(C)cc2c1.[Cu]. The predicted octanol–water partition coefficient (Wildman–Crippen LogP) is 5.28. The maximum absolute atomic E-state index is 10.3. The van der Waals surface area contributed by atoms with Gasteiger partial charge >= 0.3 is 0 Å². The van der Waals surface area contributed by atoms with Crippen molar-refractivity contribution in [1.29, 1.82) is 0 Å². The molecule has 0 atom stereocenters. The largest absolute Gasteiger partial charge is 0.506 e. The van der Waals surface area contributed by atoms with Crippen molar-refractivity contribution in [2.75, 3.05) is 0 Å². The molecular formula is C18H16CuN2O2. The van der Waals surface area contributed by atoms with E-state index < -0.39 is 0 Å². The van der Waals surface area contributed by atoms with Gasteiger partial charge < -0.3 is 10.2 Å². The fourth-order valence-corrected chi connectivity index (χ4v) is 2.39. The fraction of sp³-hybridized carbons (Fsp3) is 0.111. The monoisotopic (exact) mass is 355 g/mol. The first-order valence-electron chi connectivity index (χ1n) is 6.99. The number of azo groups is 1. The first-order valence-corrected chi connectivity index (χ1v) is 6.99. The molecule has 5 heteroatoms. The van der Waals surface area contributed by atoms with Gasteiger partial charge in [-0.25, -0.2) is 0 Å². The Kier molecular flexibility index (Phi) is 5.04. The molecule has 0 heterocycles. The number of hydrogen-bond acceptors (Lipinski definition) is 4. The minimum Gasteiger partial charge on any atom is -0.506 e. The third-order valence-electron chi connectivity index (χ3n) is 3.57. The molecule has 0 aliphatic heterocycles. The Morgan fingerprint density at radius 1 is 0.870 bits per heavy atom. The van der Waals surface area contributed by atoms with Crippen LogP contribution in [-0.4, -0.2) is 10.2 Å². The molecule has 3 aromatic rings. The summed E-state index contributed by atoms with van der Waals surface area (Å²) in [5.74, 6) is 0.161. The summed E-state index contributed by atoms with van der Waals surface area (Å²) in [6.45, 7) is 3.85. The quantitative estimate of drug-likeness (QED) is 0.485. The molecule has 0 fully saturated rings. The molecule has 0 saturated carbocycles. The summed E-state index contributed by atoms with van der Waals surface area (Å²) < 4.78 is 0. The first kappa shape index (κ1) is 17.0. The van der Waals surface area contributed by atoms with Crippen molar-refractivity contribution in [2.45, 2.75) is 13.8 Å². The zero-order valence-electron chi connectivity index (χ0n) is 12.7. The van der Waals surface area contributed by atoms with Crippen molar-refractivity contribution in [3.05, 3.63) is 59.7 Å². The van der Waals surface area contributed by atoms with Crippen molar-refractivity contribution in [1.82, 2.24) is 0 Å². The van der Waals surface area contributed by atoms with Gasteiger partial charge in [0.1, 0.15) is 22.9 Å². The van der Waals surface area contributed by atoms with Crippen LogP contribution in [0.3, 0.4) is 0 Å². The Morgan fingerprint density at radius 2 is 1.61 bits per heavy atom. The van der Waals surface area contributed by atoms with Crippen LogP contribution in [0, 0.1) is 13.8 Å². The predicted molar refractivity (Wildman–Crippen MR) is 87.4 cm³/mol. The van der Waals surface area contributed by atoms with Gasteiger partial charge in [0.15, 0.2) is 0 Å². The van der Waals surface area contributed by atoms with Gasteiger partial charge in [-0.3, -0.25) is 0 Å². The summed E-state index contributed by atoms with van der Waals surface area (Å²) in [6, 6.07) is 14.6. The normalized spacial score (nSPS) is 10.9. The molecule has 1 radical (unpaired) electrons. The molecule has 0 bridgehead atoms. The number of benzene rings is 3. The van der Waals surface area contributed by atoms with E-state index in [1.165, 1.54) is 0 Å². The number of hydrogen-bond donors (Lipinski definition) is 2. The first-order chi connectivity index (χ1) is 10.6. The zero-order chi connectivity index (χ0) is 15.7. The number of nitrogens with zero attached hydrogens (tertiary/aromatic N) is 2. The smallest absolute Gasteiger partial charge is 0.146 e. The molecule has 0 amide bonds. The summed E-state index contributed by atoms with van der Waals surface area (Å²) in [7, 11) is 0. The summed E-state index contributed by atoms with van der Waals surface area (Å²) in [6.07, 6.45) is 0. The number of para-hydroxylation sites is 1. The number of phenolic OH excluding ortho intramolecular Hbond substituents is 2. The van der Waals surface area contributed by atoms with Crippen LogP contribution in [0.1, 0.15) is 11.1 Å². The van der Waals surface area contributed by atoms with Crippen molar-refractivity contribution in [2.24, 2.45) is 10.2 Å². The summed E-state index contributed by atoms with van der Waals surface area (Å²) in [5, 5.41) is 30.1. The maximum atomic E-state index is 10.3. The molecule has 2 N–H and O–H groups in total. The third-order valence-corrected chi connectivity index (χ3v) is 3.57. The van der Waals surface area contributed by atoms with Crippen LogP contribution < -0.4 is 0 Å². The second-order valence-corrected chi connectivity index (χ2v) is 5.30. The molecule has 4 nitrogen and oxygen atoms in total. The van der Waals surface area contributed by atoms with E-state index in [9.17, 15) is 10.2 Å². The molecule has 0 unspecified atom stereocenters. The van der Waals surface area contributed by atoms with Crippen LogP contribution in [0.2, 0.25) is 0 Å². The minimum absolute atomic E-state index is 0. The number of aryl methyl sites for hydroxylation is 2. The maximum Gasteiger partial charge on any atom is 0.146 e. The standard InChI is InChI=1S/C18H16N2O2.Cu/c1-11-7-8-14-13(9-11)10-12(2)18(22)17(14)20-19-15-5-3-4-6-16(15)21;/h3-10,21-22H,1-2H3;. The van der Waals surface area contributed by atoms with E-state index in [1.807, 2.05) is 38.1 Å². The number of rotatable bonds is 2. The minimum atomic E-state index is 0. The van der Waals surface area contributed by atoms with Gasteiger partial charge in [0, 0.05) is 22.5 Å². The Morgan fingerprint density at radius 3 is 2.35 bits per heavy atom. The molecule has 0 aliphatic carbocycles. The van der Waals surface area contributed by atoms with Gasteiger partial charge in [0.05, 0.1) is 0 Å². The molecule has 0 saturated heterocycles. The Balaban J connectivity index is 0.00000192. The van der Waals surface area contributed by atoms with Gasteiger partial charge in [0.2, 0.25) is 0 Å². The summed E-state index contributed by atoms with van der Waals surface area (Å²) in [5.41, 5.74) is 2.66. The van der Waals surface area contributed by atoms with E-state index in [-0.39, 0.29) is 28.6 Å². The van der Waals surface area contributed by atoms with Crippen molar-refractivity contribution in [3.63, 3.8) is 0 Å². The van der Waals surface area contributed by atoms with Gasteiger partial charge in [0.25, 0.3) is 0 Å². The Bertz CT molecular complexity index is 892. The van der Waals surface area contributed by atoms with Gasteiger partial charge in [-0.05, 0) is 43.0 Å². The van der Waals surface area contributed by atoms with E-state index in [0.29, 0.717) is 11.4 Å². The molecule has 3 rings (SSSR count). The number of aromatic hydroxyl groups is 2. The molecular weight excluding hydrogens is 340 g/mol. The average molecular weight is 356 g/mol. The van der Waals surface area contributed by atoms with E-state index in [0.717, 1.165) is 21.9 Å². The Labute approximate surface area is 145 Å². The molecule has 23 heavy (non-hydrogen) atoms. The molecule has 0 aliphatic rings. The zero-order valence-corrected chi connectivity index (χ0v) is 13.7. The number of fused-ring (bicyclic) bond motifs is 1. The van der Waals surface area contributed by atoms with Crippen LogP contribution in [0.25, 0.3) is 10.8 Å². The van der Waals surface area contributed by atoms with Crippen molar-refractivity contribution < 1.29 is 27.3 Å². The summed E-state index contributed by atoms with van der Waals surface area (Å²) in [4.78, 5) is 0. The second-order valence-electron chi connectivity index (χ2n) is 5.30. The molecule has 3 aromatic carbocycles. The summed E-state index contributed by atoms with van der Waals surface area (Å²) >= 11 is 0. The van der Waals surface area contributed by atoms with Gasteiger partial charge in [-0.15, -0.1) is 10.2 Å². The van der Waals surface area contributed by atoms with Gasteiger partial charge in [-0.2, -0.15) is 0 Å². The van der Waals surface area contributed by atoms with Crippen molar-refractivity contribution in [3.8, 4) is 11.5 Å². The topological polar surface area (TPSA) is 65.2 Å². The Hall–Kier alpha value is -2.36. The van der Waals surface area contributed by atoms with E-state index in [1.54, 1.807) is 24.3 Å². The molecule has 121 valence electrons. The van der Waals surface area contributed by atoms with E-state index >= 15 is 0 Å². The van der Waals surface area contributed by atoms with Crippen LogP contribution >= 0.6 is 0 Å². The van der Waals surface area contributed by atoms with E-state index in [4.69, 9.17) is 0 Å². The second kappa shape index (κ2) is 6.82. The van der Waals surface area contributed by atoms with E-state index in [2.05, 4.69) is 10.2 Å². The van der Waals surface area contributed by atoms with Crippen LogP contribution in [0.15, 0.2) is 58.8 Å². The van der Waals surface area contributed by atoms with Crippen LogP contribution in [0.5, 0.6) is 11.5 Å². The molecule has 0 aromatic heterocycles. The number of phenols is 2. The van der Waals surface area contributed by atoms with Crippen molar-refractivity contribution >= 4 is 22.1 Å². The average Bonchev–Trinajstić information content (AvgIpc) is 2.49. The van der Waals surface area contributed by atoms with Crippen LogP contribution in [0.4, 0.5) is 11.4 Å². The molecule has 0 spiro atoms. The van der Waals surface area contributed by atoms with Gasteiger partial charge in [-0.1, -0.05) is 35.9 Å². The van der Waals surface area contributed by atoms with Crippen LogP contribution in [-0.2, 0) is 17.1 Å². The fourth-order valence-electron chi connectivity index (χ4n) is 2.39.